The molecule has 0 atom stereocenters. The highest BCUT2D eigenvalue weighted by atomic mass is 32.2. The van der Waals surface area contributed by atoms with Gasteiger partial charge < -0.3 is 14.2 Å². The molecule has 32 heavy (non-hydrogen) atoms. The SMILES string of the molecule is CN(Cc1ccccc1)C(=O)CCc1nc2cc(S(=O)(=O)N3CCOCC3)ccc2n1C. The van der Waals surface area contributed by atoms with Crippen LogP contribution in [0, 0.1) is 0 Å². The molecule has 1 aliphatic heterocycles. The molecule has 3 aromatic rings. The van der Waals surface area contributed by atoms with Gasteiger partial charge in [-0.15, -0.1) is 0 Å². The Kier molecular flexibility index (Phi) is 6.59. The second-order valence-corrected chi connectivity index (χ2v) is 9.93. The molecule has 1 fully saturated rings. The summed E-state index contributed by atoms with van der Waals surface area (Å²) in [4.78, 5) is 19.2. The number of carbonyl (C=O) groups excluding carboxylic acids is 1. The lowest BCUT2D eigenvalue weighted by Gasteiger charge is -2.26. The van der Waals surface area contributed by atoms with E-state index < -0.39 is 10.0 Å². The smallest absolute Gasteiger partial charge is 0.243 e. The van der Waals surface area contributed by atoms with Crippen molar-refractivity contribution in [3.8, 4) is 0 Å². The zero-order chi connectivity index (χ0) is 22.7. The molecule has 9 heteroatoms. The number of hydrogen-bond acceptors (Lipinski definition) is 5. The molecule has 2 aromatic carbocycles. The van der Waals surface area contributed by atoms with Crippen molar-refractivity contribution in [2.45, 2.75) is 24.3 Å². The topological polar surface area (TPSA) is 84.7 Å². The summed E-state index contributed by atoms with van der Waals surface area (Å²) in [6, 6.07) is 14.9. The number of morpholine rings is 1. The van der Waals surface area contributed by atoms with Crippen molar-refractivity contribution in [1.29, 1.82) is 0 Å². The normalized spacial score (nSPS) is 15.2. The summed E-state index contributed by atoms with van der Waals surface area (Å²) in [6.07, 6.45) is 0.814. The van der Waals surface area contributed by atoms with Gasteiger partial charge in [-0.25, -0.2) is 13.4 Å². The van der Waals surface area contributed by atoms with Gasteiger partial charge in [-0.3, -0.25) is 4.79 Å². The maximum absolute atomic E-state index is 12.9. The van der Waals surface area contributed by atoms with Crippen molar-refractivity contribution in [2.75, 3.05) is 33.4 Å². The number of nitrogens with zero attached hydrogens (tertiary/aromatic N) is 4. The molecule has 0 N–H and O–H groups in total. The van der Waals surface area contributed by atoms with Crippen LogP contribution in [0.5, 0.6) is 0 Å². The summed E-state index contributed by atoms with van der Waals surface area (Å²) in [6.45, 7) is 2.08. The summed E-state index contributed by atoms with van der Waals surface area (Å²) in [5, 5.41) is 0. The predicted molar refractivity (Wildman–Crippen MR) is 122 cm³/mol. The average Bonchev–Trinajstić information content (AvgIpc) is 3.13. The Morgan fingerprint density at radius 2 is 1.84 bits per heavy atom. The number of aryl methyl sites for hydroxylation is 2. The first kappa shape index (κ1) is 22.4. The van der Waals surface area contributed by atoms with Crippen molar-refractivity contribution in [3.05, 3.63) is 59.9 Å². The van der Waals surface area contributed by atoms with E-state index in [0.29, 0.717) is 51.2 Å². The fourth-order valence-electron chi connectivity index (χ4n) is 3.90. The molecule has 170 valence electrons. The molecule has 2 heterocycles. The molecule has 0 bridgehead atoms. The number of ether oxygens (including phenoxy) is 1. The monoisotopic (exact) mass is 456 g/mol. The van der Waals surface area contributed by atoms with Crippen molar-refractivity contribution < 1.29 is 17.9 Å². The van der Waals surface area contributed by atoms with Crippen molar-refractivity contribution in [3.63, 3.8) is 0 Å². The number of sulfonamides is 1. The number of fused-ring (bicyclic) bond motifs is 1. The molecule has 1 saturated heterocycles. The molecule has 1 aliphatic rings. The summed E-state index contributed by atoms with van der Waals surface area (Å²) in [7, 11) is 0.106. The molecule has 0 spiro atoms. The highest BCUT2D eigenvalue weighted by Crippen LogP contribution is 2.23. The van der Waals surface area contributed by atoms with Crippen LogP contribution >= 0.6 is 0 Å². The first-order valence-electron chi connectivity index (χ1n) is 10.7. The van der Waals surface area contributed by atoms with Gasteiger partial charge in [-0.2, -0.15) is 4.31 Å². The Morgan fingerprint density at radius 3 is 2.56 bits per heavy atom. The van der Waals surface area contributed by atoms with Gasteiger partial charge in [0.05, 0.1) is 29.1 Å². The van der Waals surface area contributed by atoms with Crippen LogP contribution < -0.4 is 0 Å². The lowest BCUT2D eigenvalue weighted by Crippen LogP contribution is -2.40. The number of imidazole rings is 1. The van der Waals surface area contributed by atoms with Crippen LogP contribution in [-0.2, 0) is 39.6 Å². The lowest BCUT2D eigenvalue weighted by atomic mass is 10.2. The maximum Gasteiger partial charge on any atom is 0.243 e. The Bertz CT molecular complexity index is 1200. The minimum absolute atomic E-state index is 0.0384. The minimum atomic E-state index is -3.58. The predicted octanol–water partition coefficient (Wildman–Crippen LogP) is 2.19. The number of aromatic nitrogens is 2. The summed E-state index contributed by atoms with van der Waals surface area (Å²) in [5.41, 5.74) is 2.54. The first-order chi connectivity index (χ1) is 15.4. The molecule has 0 saturated carbocycles. The molecule has 1 amide bonds. The maximum atomic E-state index is 12.9. The van der Waals surface area contributed by atoms with Crippen LogP contribution in [0.3, 0.4) is 0 Å². The molecule has 0 radical (unpaired) electrons. The van der Waals surface area contributed by atoms with Gasteiger partial charge in [0.15, 0.2) is 0 Å². The standard InChI is InChI=1S/C23H28N4O4S/c1-25(17-18-6-4-3-5-7-18)23(28)11-10-22-24-20-16-19(8-9-21(20)26(22)2)32(29,30)27-12-14-31-15-13-27/h3-9,16H,10-15,17H2,1-2H3. The molecular weight excluding hydrogens is 428 g/mol. The third-order valence-electron chi connectivity index (χ3n) is 5.80. The summed E-state index contributed by atoms with van der Waals surface area (Å²) >= 11 is 0. The Balaban J connectivity index is 1.46. The van der Waals surface area contributed by atoms with Crippen LogP contribution in [-0.4, -0.2) is 66.4 Å². The zero-order valence-corrected chi connectivity index (χ0v) is 19.2. The summed E-state index contributed by atoms with van der Waals surface area (Å²) < 4.78 is 34.5. The lowest BCUT2D eigenvalue weighted by molar-refractivity contribution is -0.130. The minimum Gasteiger partial charge on any atom is -0.379 e. The molecule has 0 unspecified atom stereocenters. The van der Waals surface area contributed by atoms with Gasteiger partial charge >= 0.3 is 0 Å². The largest absolute Gasteiger partial charge is 0.379 e. The second kappa shape index (κ2) is 9.40. The van der Waals surface area contributed by atoms with Crippen LogP contribution in [0.2, 0.25) is 0 Å². The number of amides is 1. The van der Waals surface area contributed by atoms with Gasteiger partial charge in [0.1, 0.15) is 5.82 Å². The van der Waals surface area contributed by atoms with E-state index in [2.05, 4.69) is 4.98 Å². The second-order valence-electron chi connectivity index (χ2n) is 7.99. The number of rotatable bonds is 7. The number of hydrogen-bond donors (Lipinski definition) is 0. The van der Waals surface area contributed by atoms with E-state index in [1.165, 1.54) is 4.31 Å². The molecule has 0 aliphatic carbocycles. The Hall–Kier alpha value is -2.75. The van der Waals surface area contributed by atoms with Crippen molar-refractivity contribution >= 4 is 27.0 Å². The summed E-state index contributed by atoms with van der Waals surface area (Å²) in [5.74, 6) is 0.791. The Labute approximate surface area is 188 Å². The van der Waals surface area contributed by atoms with Crippen LogP contribution in [0.4, 0.5) is 0 Å². The van der Waals surface area contributed by atoms with E-state index in [9.17, 15) is 13.2 Å². The van der Waals surface area contributed by atoms with Gasteiger partial charge in [0.2, 0.25) is 15.9 Å². The van der Waals surface area contributed by atoms with E-state index in [4.69, 9.17) is 4.74 Å². The van der Waals surface area contributed by atoms with Crippen LogP contribution in [0.15, 0.2) is 53.4 Å². The molecule has 4 rings (SSSR count). The molecule has 1 aromatic heterocycles. The van der Waals surface area contributed by atoms with Gasteiger partial charge in [-0.05, 0) is 23.8 Å². The quantitative estimate of drug-likeness (QED) is 0.544. The van der Waals surface area contributed by atoms with Gasteiger partial charge in [-0.1, -0.05) is 30.3 Å². The van der Waals surface area contributed by atoms with Gasteiger partial charge in [0, 0.05) is 46.6 Å². The average molecular weight is 457 g/mol. The molecular formula is C23H28N4O4S. The highest BCUT2D eigenvalue weighted by Gasteiger charge is 2.27. The fourth-order valence-corrected chi connectivity index (χ4v) is 5.33. The van der Waals surface area contributed by atoms with Crippen molar-refractivity contribution in [2.24, 2.45) is 7.05 Å². The van der Waals surface area contributed by atoms with Gasteiger partial charge in [0.25, 0.3) is 0 Å². The third-order valence-corrected chi connectivity index (χ3v) is 7.70. The number of carbonyl (C=O) groups is 1. The van der Waals surface area contributed by atoms with Crippen LogP contribution in [0.1, 0.15) is 17.8 Å². The van der Waals surface area contributed by atoms with E-state index in [1.807, 2.05) is 41.9 Å². The van der Waals surface area contributed by atoms with E-state index in [1.54, 1.807) is 30.1 Å². The molecule has 8 nitrogen and oxygen atoms in total. The van der Waals surface area contributed by atoms with Crippen molar-refractivity contribution in [1.82, 2.24) is 18.8 Å². The van der Waals surface area contributed by atoms with E-state index in [-0.39, 0.29) is 10.8 Å². The third kappa shape index (κ3) is 4.69. The van der Waals surface area contributed by atoms with E-state index >= 15 is 0 Å². The highest BCUT2D eigenvalue weighted by molar-refractivity contribution is 7.89. The zero-order valence-electron chi connectivity index (χ0n) is 18.4. The van der Waals surface area contributed by atoms with Crippen LogP contribution in [0.25, 0.3) is 11.0 Å². The Morgan fingerprint density at radius 1 is 1.12 bits per heavy atom. The van der Waals surface area contributed by atoms with E-state index in [0.717, 1.165) is 16.9 Å². The first-order valence-corrected chi connectivity index (χ1v) is 12.1. The number of benzene rings is 2. The fraction of sp³-hybridized carbons (Fsp3) is 0.391.